The van der Waals surface area contributed by atoms with Crippen LogP contribution in [0.4, 0.5) is 4.39 Å². The predicted molar refractivity (Wildman–Crippen MR) is 65.1 cm³/mol. The monoisotopic (exact) mass is 224 g/mol. The molecule has 0 amide bonds. The van der Waals surface area contributed by atoms with Gasteiger partial charge in [-0.2, -0.15) is 0 Å². The van der Waals surface area contributed by atoms with E-state index in [4.69, 9.17) is 4.74 Å². The van der Waals surface area contributed by atoms with Gasteiger partial charge in [0.05, 0.1) is 12.8 Å². The molecule has 1 atom stereocenters. The summed E-state index contributed by atoms with van der Waals surface area (Å²) in [5, 5.41) is 0. The molecule has 0 heterocycles. The van der Waals surface area contributed by atoms with E-state index in [1.165, 1.54) is 5.56 Å². The molecular weight excluding hydrogens is 203 g/mol. The molecule has 0 bridgehead atoms. The molecule has 1 rings (SSSR count). The van der Waals surface area contributed by atoms with Crippen LogP contribution in [0.5, 0.6) is 0 Å². The molecule has 0 aliphatic rings. The molecule has 0 aliphatic heterocycles. The highest BCUT2D eigenvalue weighted by atomic mass is 19.1. The van der Waals surface area contributed by atoms with Gasteiger partial charge in [0.1, 0.15) is 0 Å². The predicted octanol–water partition coefficient (Wildman–Crippen LogP) is 4.12. The van der Waals surface area contributed by atoms with Crippen molar-refractivity contribution in [2.24, 2.45) is 0 Å². The molecule has 0 aliphatic carbocycles. The number of ether oxygens (including phenoxy) is 1. The highest BCUT2D eigenvalue weighted by molar-refractivity contribution is 5.13. The molecule has 1 aromatic carbocycles. The van der Waals surface area contributed by atoms with Gasteiger partial charge in [0.2, 0.25) is 0 Å². The van der Waals surface area contributed by atoms with Crippen LogP contribution in [0, 0.1) is 0 Å². The number of halogens is 1. The summed E-state index contributed by atoms with van der Waals surface area (Å²) in [4.78, 5) is 0. The van der Waals surface area contributed by atoms with Crippen molar-refractivity contribution < 1.29 is 9.13 Å². The van der Waals surface area contributed by atoms with E-state index >= 15 is 0 Å². The summed E-state index contributed by atoms with van der Waals surface area (Å²) in [7, 11) is 0. The van der Waals surface area contributed by atoms with E-state index in [0.29, 0.717) is 19.4 Å². The number of rotatable bonds is 8. The Balaban J connectivity index is 1.96. The Morgan fingerprint density at radius 2 is 1.94 bits per heavy atom. The number of benzene rings is 1. The summed E-state index contributed by atoms with van der Waals surface area (Å²) in [6.07, 6.45) is 2.54. The molecule has 2 heteroatoms. The van der Waals surface area contributed by atoms with Crippen LogP contribution >= 0.6 is 0 Å². The highest BCUT2D eigenvalue weighted by Crippen LogP contribution is 2.08. The third-order valence-corrected chi connectivity index (χ3v) is 2.61. The molecule has 0 fully saturated rings. The maximum atomic E-state index is 12.9. The van der Waals surface area contributed by atoms with E-state index < -0.39 is 6.17 Å². The van der Waals surface area contributed by atoms with Crippen molar-refractivity contribution in [3.63, 3.8) is 0 Å². The zero-order valence-electron chi connectivity index (χ0n) is 9.99. The lowest BCUT2D eigenvalue weighted by atomic mass is 10.1. The first-order valence-corrected chi connectivity index (χ1v) is 6.08. The highest BCUT2D eigenvalue weighted by Gasteiger charge is 2.01. The van der Waals surface area contributed by atoms with Crippen molar-refractivity contribution >= 4 is 0 Å². The van der Waals surface area contributed by atoms with E-state index in [1.54, 1.807) is 0 Å². The summed E-state index contributed by atoms with van der Waals surface area (Å²) >= 11 is 0. The van der Waals surface area contributed by atoms with E-state index in [2.05, 4.69) is 12.1 Å². The van der Waals surface area contributed by atoms with E-state index in [9.17, 15) is 4.39 Å². The lowest BCUT2D eigenvalue weighted by Crippen LogP contribution is -2.00. The summed E-state index contributed by atoms with van der Waals surface area (Å²) in [6.45, 7) is 3.27. The molecule has 0 saturated carbocycles. The minimum atomic E-state index is -0.630. The third kappa shape index (κ3) is 5.86. The Bertz CT molecular complexity index is 261. The van der Waals surface area contributed by atoms with Crippen LogP contribution in [-0.4, -0.2) is 12.8 Å². The van der Waals surface area contributed by atoms with Gasteiger partial charge in [-0.05, 0) is 31.2 Å². The van der Waals surface area contributed by atoms with Gasteiger partial charge in [0, 0.05) is 6.61 Å². The molecule has 1 nitrogen and oxygen atoms in total. The first kappa shape index (κ1) is 13.2. The van der Waals surface area contributed by atoms with E-state index in [0.717, 1.165) is 19.4 Å². The van der Waals surface area contributed by atoms with Gasteiger partial charge in [-0.15, -0.1) is 0 Å². The molecule has 0 saturated heterocycles. The maximum absolute atomic E-state index is 12.9. The van der Waals surface area contributed by atoms with Crippen molar-refractivity contribution in [3.05, 3.63) is 35.9 Å². The fraction of sp³-hybridized carbons (Fsp3) is 0.571. The largest absolute Gasteiger partial charge is 0.377 e. The number of hydrogen-bond acceptors (Lipinski definition) is 1. The quantitative estimate of drug-likeness (QED) is 0.603. The van der Waals surface area contributed by atoms with Gasteiger partial charge in [-0.1, -0.05) is 37.3 Å². The van der Waals surface area contributed by atoms with Crippen molar-refractivity contribution in [2.75, 3.05) is 6.61 Å². The van der Waals surface area contributed by atoms with Crippen LogP contribution in [0.25, 0.3) is 0 Å². The van der Waals surface area contributed by atoms with Gasteiger partial charge in [0.15, 0.2) is 0 Å². The van der Waals surface area contributed by atoms with Crippen molar-refractivity contribution in [1.29, 1.82) is 0 Å². The normalized spacial score (nSPS) is 12.6. The van der Waals surface area contributed by atoms with Crippen LogP contribution in [-0.2, 0) is 11.3 Å². The van der Waals surface area contributed by atoms with Crippen LogP contribution in [0.3, 0.4) is 0 Å². The van der Waals surface area contributed by atoms with Gasteiger partial charge in [0.25, 0.3) is 0 Å². The lowest BCUT2D eigenvalue weighted by Gasteiger charge is -2.06. The molecule has 0 N–H and O–H groups in total. The Labute approximate surface area is 97.6 Å². The van der Waals surface area contributed by atoms with Crippen molar-refractivity contribution in [1.82, 2.24) is 0 Å². The Kier molecular flexibility index (Phi) is 6.82. The Morgan fingerprint density at radius 1 is 1.19 bits per heavy atom. The first-order chi connectivity index (χ1) is 7.83. The molecule has 0 radical (unpaired) electrons. The van der Waals surface area contributed by atoms with Crippen LogP contribution in [0.15, 0.2) is 30.3 Å². The summed E-state index contributed by atoms with van der Waals surface area (Å²) < 4.78 is 18.4. The van der Waals surface area contributed by atoms with Gasteiger partial charge in [-0.25, -0.2) is 4.39 Å². The minimum Gasteiger partial charge on any atom is -0.377 e. The molecule has 0 unspecified atom stereocenters. The molecule has 0 aromatic heterocycles. The number of unbranched alkanes of at least 4 members (excludes halogenated alkanes) is 1. The van der Waals surface area contributed by atoms with Crippen molar-refractivity contribution in [3.8, 4) is 0 Å². The number of alkyl halides is 1. The topological polar surface area (TPSA) is 9.23 Å². The molecule has 16 heavy (non-hydrogen) atoms. The van der Waals surface area contributed by atoms with E-state index in [-0.39, 0.29) is 0 Å². The lowest BCUT2D eigenvalue weighted by molar-refractivity contribution is 0.115. The van der Waals surface area contributed by atoms with Gasteiger partial charge in [-0.3, -0.25) is 0 Å². The van der Waals surface area contributed by atoms with Crippen LogP contribution < -0.4 is 0 Å². The average molecular weight is 224 g/mol. The fourth-order valence-corrected chi connectivity index (χ4v) is 1.54. The zero-order chi connectivity index (χ0) is 11.6. The second kappa shape index (κ2) is 8.28. The van der Waals surface area contributed by atoms with E-state index in [1.807, 2.05) is 25.1 Å². The smallest absolute Gasteiger partial charge is 0.0999 e. The third-order valence-electron chi connectivity index (χ3n) is 2.61. The zero-order valence-corrected chi connectivity index (χ0v) is 9.99. The molecule has 0 spiro atoms. The van der Waals surface area contributed by atoms with Crippen molar-refractivity contribution in [2.45, 2.75) is 45.4 Å². The summed E-state index contributed by atoms with van der Waals surface area (Å²) in [6, 6.07) is 10.1. The second-order valence-corrected chi connectivity index (χ2v) is 4.04. The van der Waals surface area contributed by atoms with Gasteiger partial charge < -0.3 is 4.74 Å². The number of hydrogen-bond donors (Lipinski definition) is 0. The molecular formula is C14H21FO. The molecule has 1 aromatic rings. The standard InChI is InChI=1S/C14H21FO/c1-2-14(15)10-6-7-11-16-12-13-8-4-3-5-9-13/h3-5,8-9,14H,2,6-7,10-12H2,1H3/t14-/m1/s1. The fourth-order valence-electron chi connectivity index (χ4n) is 1.54. The average Bonchev–Trinajstić information content (AvgIpc) is 2.34. The van der Waals surface area contributed by atoms with Gasteiger partial charge >= 0.3 is 0 Å². The maximum Gasteiger partial charge on any atom is 0.0999 e. The van der Waals surface area contributed by atoms with Crippen LogP contribution in [0.2, 0.25) is 0 Å². The Hall–Kier alpha value is -0.890. The van der Waals surface area contributed by atoms with Crippen LogP contribution in [0.1, 0.15) is 38.2 Å². The minimum absolute atomic E-state index is 0.630. The Morgan fingerprint density at radius 3 is 2.62 bits per heavy atom. The summed E-state index contributed by atoms with van der Waals surface area (Å²) in [5.74, 6) is 0. The molecule has 90 valence electrons. The SMILES string of the molecule is CC[C@@H](F)CCCCOCc1ccccc1. The first-order valence-electron chi connectivity index (χ1n) is 6.08. The second-order valence-electron chi connectivity index (χ2n) is 4.04. The summed E-state index contributed by atoms with van der Waals surface area (Å²) in [5.41, 5.74) is 1.19.